The molecule has 0 aliphatic rings. The van der Waals surface area contributed by atoms with Gasteiger partial charge in [0, 0.05) is 33.1 Å². The second kappa shape index (κ2) is 10.1. The van der Waals surface area contributed by atoms with Crippen LogP contribution in [0.3, 0.4) is 0 Å². The number of para-hydroxylation sites is 5. The van der Waals surface area contributed by atoms with Crippen molar-refractivity contribution in [3.8, 4) is 16.8 Å². The van der Waals surface area contributed by atoms with Crippen LogP contribution >= 0.6 is 0 Å². The van der Waals surface area contributed by atoms with Gasteiger partial charge in [-0.1, -0.05) is 121 Å². The van der Waals surface area contributed by atoms with E-state index in [9.17, 15) is 0 Å². The minimum atomic E-state index is 1.13. The first-order valence-electron chi connectivity index (χ1n) is 14.4. The van der Waals surface area contributed by atoms with Crippen molar-refractivity contribution in [2.45, 2.75) is 0 Å². The van der Waals surface area contributed by atoms with Crippen molar-refractivity contribution in [3.05, 3.63) is 170 Å². The van der Waals surface area contributed by atoms with Crippen molar-refractivity contribution in [3.63, 3.8) is 0 Å². The first-order valence-corrected chi connectivity index (χ1v) is 14.4. The van der Waals surface area contributed by atoms with Crippen LogP contribution in [0.5, 0.6) is 0 Å². The van der Waals surface area contributed by atoms with E-state index < -0.39 is 0 Å². The summed E-state index contributed by atoms with van der Waals surface area (Å²) in [6, 6.07) is 60.8. The summed E-state index contributed by atoms with van der Waals surface area (Å²) < 4.78 is 2.42. The first-order chi connectivity index (χ1) is 20.9. The van der Waals surface area contributed by atoms with Gasteiger partial charge in [-0.25, -0.2) is 0 Å². The molecule has 198 valence electrons. The van der Waals surface area contributed by atoms with Crippen LogP contribution in [0.15, 0.2) is 170 Å². The van der Waals surface area contributed by atoms with Gasteiger partial charge >= 0.3 is 0 Å². The smallest absolute Gasteiger partial charge is 0.0541 e. The molecule has 8 aromatic rings. The molecule has 0 spiro atoms. The number of rotatable bonds is 5. The molecule has 0 aliphatic carbocycles. The molecule has 2 nitrogen and oxygen atoms in total. The van der Waals surface area contributed by atoms with Gasteiger partial charge in [-0.3, -0.25) is 0 Å². The highest BCUT2D eigenvalue weighted by Gasteiger charge is 2.19. The third kappa shape index (κ3) is 3.88. The van der Waals surface area contributed by atoms with Gasteiger partial charge in [-0.2, -0.15) is 0 Å². The van der Waals surface area contributed by atoms with Crippen molar-refractivity contribution in [1.29, 1.82) is 0 Å². The monoisotopic (exact) mass is 536 g/mol. The molecule has 7 aromatic carbocycles. The highest BCUT2D eigenvalue weighted by molar-refractivity contribution is 6.11. The summed E-state index contributed by atoms with van der Waals surface area (Å²) in [5, 5.41) is 4.97. The van der Waals surface area contributed by atoms with Crippen LogP contribution in [0.4, 0.5) is 17.1 Å². The topological polar surface area (TPSA) is 8.17 Å². The Hall–Kier alpha value is -5.60. The molecule has 2 heteroatoms. The van der Waals surface area contributed by atoms with E-state index >= 15 is 0 Å². The maximum absolute atomic E-state index is 2.42. The molecule has 0 fully saturated rings. The molecule has 0 amide bonds. The standard InChI is InChI=1S/C40H28N2/c1-3-15-29(16-4-1)41(30-17-5-2-6-18-30)40-28-27-32(31-19-7-8-20-33(31)40)34-21-9-12-24-37(34)42-38-25-13-10-22-35(38)36-23-11-14-26-39(36)42/h1-28H. The summed E-state index contributed by atoms with van der Waals surface area (Å²) in [4.78, 5) is 2.35. The summed E-state index contributed by atoms with van der Waals surface area (Å²) in [6.45, 7) is 0. The van der Waals surface area contributed by atoms with Crippen LogP contribution in [0, 0.1) is 0 Å². The van der Waals surface area contributed by atoms with Gasteiger partial charge < -0.3 is 9.47 Å². The fraction of sp³-hybridized carbons (Fsp3) is 0. The minimum absolute atomic E-state index is 1.13. The van der Waals surface area contributed by atoms with E-state index in [1.165, 1.54) is 49.4 Å². The Morgan fingerprint density at radius 3 is 1.43 bits per heavy atom. The average molecular weight is 537 g/mol. The molecule has 1 aromatic heterocycles. The van der Waals surface area contributed by atoms with E-state index in [1.807, 2.05) is 0 Å². The van der Waals surface area contributed by atoms with Crippen molar-refractivity contribution in [2.24, 2.45) is 0 Å². The van der Waals surface area contributed by atoms with E-state index in [-0.39, 0.29) is 0 Å². The molecule has 1 heterocycles. The van der Waals surface area contributed by atoms with Gasteiger partial charge in [0.2, 0.25) is 0 Å². The molecule has 0 unspecified atom stereocenters. The van der Waals surface area contributed by atoms with Crippen LogP contribution in [-0.4, -0.2) is 4.57 Å². The van der Waals surface area contributed by atoms with Gasteiger partial charge in [-0.15, -0.1) is 0 Å². The summed E-state index contributed by atoms with van der Waals surface area (Å²) in [5.41, 5.74) is 9.44. The molecular formula is C40H28N2. The van der Waals surface area contributed by atoms with Gasteiger partial charge in [0.1, 0.15) is 0 Å². The van der Waals surface area contributed by atoms with E-state index in [1.54, 1.807) is 0 Å². The third-order valence-corrected chi connectivity index (χ3v) is 8.19. The van der Waals surface area contributed by atoms with Gasteiger partial charge in [0.05, 0.1) is 22.4 Å². The molecular weight excluding hydrogens is 508 g/mol. The molecule has 8 rings (SSSR count). The lowest BCUT2D eigenvalue weighted by atomic mass is 9.95. The van der Waals surface area contributed by atoms with E-state index in [0.29, 0.717) is 0 Å². The molecule has 0 N–H and O–H groups in total. The highest BCUT2D eigenvalue weighted by atomic mass is 15.1. The summed E-state index contributed by atoms with van der Waals surface area (Å²) >= 11 is 0. The summed E-state index contributed by atoms with van der Waals surface area (Å²) in [6.07, 6.45) is 0. The maximum atomic E-state index is 2.42. The highest BCUT2D eigenvalue weighted by Crippen LogP contribution is 2.43. The Kier molecular flexibility index (Phi) is 5.82. The largest absolute Gasteiger partial charge is 0.310 e. The molecule has 0 saturated carbocycles. The zero-order valence-corrected chi connectivity index (χ0v) is 23.1. The SMILES string of the molecule is c1ccc(N(c2ccccc2)c2ccc(-c3ccccc3-n3c4ccccc4c4ccccc43)c3ccccc23)cc1. The molecule has 42 heavy (non-hydrogen) atoms. The van der Waals surface area contributed by atoms with E-state index in [4.69, 9.17) is 0 Å². The normalized spacial score (nSPS) is 11.3. The van der Waals surface area contributed by atoms with Crippen molar-refractivity contribution < 1.29 is 0 Å². The second-order valence-electron chi connectivity index (χ2n) is 10.6. The molecule has 0 radical (unpaired) electrons. The maximum Gasteiger partial charge on any atom is 0.0541 e. The first kappa shape index (κ1) is 24.2. The van der Waals surface area contributed by atoms with E-state index in [0.717, 1.165) is 17.1 Å². The quantitative estimate of drug-likeness (QED) is 0.212. The Morgan fingerprint density at radius 1 is 0.333 bits per heavy atom. The van der Waals surface area contributed by atoms with Crippen molar-refractivity contribution in [2.75, 3.05) is 4.90 Å². The van der Waals surface area contributed by atoms with Gasteiger partial charge in [0.15, 0.2) is 0 Å². The number of aromatic nitrogens is 1. The Labute approximate surface area is 245 Å². The van der Waals surface area contributed by atoms with Crippen LogP contribution in [0.2, 0.25) is 0 Å². The second-order valence-corrected chi connectivity index (χ2v) is 10.6. The number of anilines is 3. The predicted molar refractivity (Wildman–Crippen MR) is 178 cm³/mol. The zero-order valence-electron chi connectivity index (χ0n) is 23.1. The number of hydrogen-bond donors (Lipinski definition) is 0. The van der Waals surface area contributed by atoms with Gasteiger partial charge in [0.25, 0.3) is 0 Å². The number of benzene rings is 7. The molecule has 0 saturated heterocycles. The lowest BCUT2D eigenvalue weighted by molar-refractivity contribution is 1.18. The number of fused-ring (bicyclic) bond motifs is 4. The van der Waals surface area contributed by atoms with Crippen molar-refractivity contribution in [1.82, 2.24) is 4.57 Å². The number of nitrogens with zero attached hydrogens (tertiary/aromatic N) is 2. The van der Waals surface area contributed by atoms with Crippen LogP contribution < -0.4 is 4.90 Å². The van der Waals surface area contributed by atoms with Crippen LogP contribution in [-0.2, 0) is 0 Å². The van der Waals surface area contributed by atoms with Gasteiger partial charge in [-0.05, 0) is 59.5 Å². The summed E-state index contributed by atoms with van der Waals surface area (Å²) in [5.74, 6) is 0. The summed E-state index contributed by atoms with van der Waals surface area (Å²) in [7, 11) is 0. The number of hydrogen-bond acceptors (Lipinski definition) is 1. The minimum Gasteiger partial charge on any atom is -0.310 e. The Morgan fingerprint density at radius 2 is 0.810 bits per heavy atom. The van der Waals surface area contributed by atoms with Crippen LogP contribution in [0.1, 0.15) is 0 Å². The lowest BCUT2D eigenvalue weighted by Crippen LogP contribution is -2.10. The zero-order chi connectivity index (χ0) is 27.9. The fourth-order valence-electron chi connectivity index (χ4n) is 6.37. The average Bonchev–Trinajstić information content (AvgIpc) is 3.40. The van der Waals surface area contributed by atoms with Crippen molar-refractivity contribution >= 4 is 49.6 Å². The fourth-order valence-corrected chi connectivity index (χ4v) is 6.37. The Balaban J connectivity index is 1.39. The lowest BCUT2D eigenvalue weighted by Gasteiger charge is -2.27. The van der Waals surface area contributed by atoms with Crippen LogP contribution in [0.25, 0.3) is 49.4 Å². The molecule has 0 atom stereocenters. The predicted octanol–water partition coefficient (Wildman–Crippen LogP) is 11.1. The van der Waals surface area contributed by atoms with E-state index in [2.05, 4.69) is 179 Å². The third-order valence-electron chi connectivity index (χ3n) is 8.19. The Bertz CT molecular complexity index is 2100. The molecule has 0 aliphatic heterocycles. The molecule has 0 bridgehead atoms.